The van der Waals surface area contributed by atoms with Crippen molar-refractivity contribution in [3.05, 3.63) is 5.69 Å². The number of hydrogen-bond acceptors (Lipinski definition) is 4. The highest BCUT2D eigenvalue weighted by Gasteiger charge is 2.19. The highest BCUT2D eigenvalue weighted by Crippen LogP contribution is 2.28. The number of carbonyl (C=O) groups excluding carboxylic acids is 1. The van der Waals surface area contributed by atoms with Gasteiger partial charge in [-0.15, -0.1) is 0 Å². The van der Waals surface area contributed by atoms with Crippen LogP contribution in [0.5, 0.6) is 0 Å². The summed E-state index contributed by atoms with van der Waals surface area (Å²) in [6.07, 6.45) is 1.61. The molecule has 14 heavy (non-hydrogen) atoms. The van der Waals surface area contributed by atoms with E-state index in [-0.39, 0.29) is 5.91 Å². The quantitative estimate of drug-likeness (QED) is 0.719. The van der Waals surface area contributed by atoms with Crippen molar-refractivity contribution < 1.29 is 9.35 Å². The SMILES string of the molecule is CC(=O)N(C)c1nc(C)c([S+](C)[O-])s1. The van der Waals surface area contributed by atoms with Crippen LogP contribution in [0.1, 0.15) is 12.6 Å². The third-order valence-corrected chi connectivity index (χ3v) is 4.56. The number of anilines is 1. The fourth-order valence-electron chi connectivity index (χ4n) is 0.914. The lowest BCUT2D eigenvalue weighted by Crippen LogP contribution is -2.22. The zero-order valence-corrected chi connectivity index (χ0v) is 10.2. The highest BCUT2D eigenvalue weighted by atomic mass is 32.2. The predicted octanol–water partition coefficient (Wildman–Crippen LogP) is 1.17. The van der Waals surface area contributed by atoms with Crippen molar-refractivity contribution in [2.75, 3.05) is 18.2 Å². The largest absolute Gasteiger partial charge is 0.611 e. The maximum Gasteiger partial charge on any atom is 0.231 e. The van der Waals surface area contributed by atoms with Crippen LogP contribution in [-0.2, 0) is 16.0 Å². The fourth-order valence-corrected chi connectivity index (χ4v) is 2.88. The van der Waals surface area contributed by atoms with Gasteiger partial charge in [0, 0.05) is 14.0 Å². The summed E-state index contributed by atoms with van der Waals surface area (Å²) >= 11 is 0.266. The summed E-state index contributed by atoms with van der Waals surface area (Å²) in [4.78, 5) is 16.7. The van der Waals surface area contributed by atoms with Crippen molar-refractivity contribution in [2.45, 2.75) is 18.1 Å². The van der Waals surface area contributed by atoms with Gasteiger partial charge in [0.15, 0.2) is 5.13 Å². The van der Waals surface area contributed by atoms with Gasteiger partial charge in [-0.25, -0.2) is 4.98 Å². The monoisotopic (exact) mass is 232 g/mol. The van der Waals surface area contributed by atoms with Gasteiger partial charge < -0.3 is 4.55 Å². The van der Waals surface area contributed by atoms with Crippen LogP contribution in [-0.4, -0.2) is 28.7 Å². The van der Waals surface area contributed by atoms with Gasteiger partial charge in [0.2, 0.25) is 10.1 Å². The molecule has 1 heterocycles. The minimum absolute atomic E-state index is 0.0767. The second-order valence-electron chi connectivity index (χ2n) is 2.90. The van der Waals surface area contributed by atoms with E-state index in [1.54, 1.807) is 20.2 Å². The van der Waals surface area contributed by atoms with E-state index in [1.165, 1.54) is 23.2 Å². The third kappa shape index (κ3) is 2.26. The standard InChI is InChI=1S/C8H12N2O2S2/c1-5-7(14(4)12)13-8(9-5)10(3)6(2)11/h1-4H3. The Kier molecular flexibility index (Phi) is 3.52. The second-order valence-corrected chi connectivity index (χ2v) is 5.45. The van der Waals surface area contributed by atoms with Crippen molar-refractivity contribution >= 4 is 33.6 Å². The fraction of sp³-hybridized carbons (Fsp3) is 0.500. The van der Waals surface area contributed by atoms with Crippen LogP contribution >= 0.6 is 11.3 Å². The van der Waals surface area contributed by atoms with E-state index in [9.17, 15) is 9.35 Å². The summed E-state index contributed by atoms with van der Waals surface area (Å²) in [6, 6.07) is 0. The summed E-state index contributed by atoms with van der Waals surface area (Å²) in [5.41, 5.74) is 0.735. The van der Waals surface area contributed by atoms with E-state index in [0.717, 1.165) is 9.90 Å². The van der Waals surface area contributed by atoms with Gasteiger partial charge >= 0.3 is 0 Å². The summed E-state index contributed by atoms with van der Waals surface area (Å²) in [5.74, 6) is -0.0767. The Bertz CT molecular complexity index is 349. The molecule has 0 saturated heterocycles. The number of aromatic nitrogens is 1. The lowest BCUT2D eigenvalue weighted by atomic mass is 10.6. The average molecular weight is 232 g/mol. The van der Waals surface area contributed by atoms with Gasteiger partial charge in [-0.3, -0.25) is 9.69 Å². The Labute approximate surface area is 90.1 Å². The molecule has 0 aliphatic carbocycles. The maximum absolute atomic E-state index is 11.3. The van der Waals surface area contributed by atoms with Gasteiger partial charge in [-0.1, -0.05) is 0 Å². The minimum atomic E-state index is -1.03. The molecule has 78 valence electrons. The molecule has 0 saturated carbocycles. The van der Waals surface area contributed by atoms with Gasteiger partial charge in [0.25, 0.3) is 0 Å². The van der Waals surface area contributed by atoms with E-state index < -0.39 is 11.2 Å². The molecule has 0 bridgehead atoms. The molecule has 0 spiro atoms. The Balaban J connectivity index is 3.02. The topological polar surface area (TPSA) is 56.3 Å². The summed E-state index contributed by atoms with van der Waals surface area (Å²) in [5, 5.41) is 0.597. The molecule has 4 nitrogen and oxygen atoms in total. The predicted molar refractivity (Wildman–Crippen MR) is 58.3 cm³/mol. The van der Waals surface area contributed by atoms with Gasteiger partial charge in [0.1, 0.15) is 11.9 Å². The molecule has 6 heteroatoms. The molecule has 0 N–H and O–H groups in total. The highest BCUT2D eigenvalue weighted by molar-refractivity contribution is 7.92. The third-order valence-electron chi connectivity index (χ3n) is 1.76. The molecular weight excluding hydrogens is 220 g/mol. The molecular formula is C8H12N2O2S2. The van der Waals surface area contributed by atoms with E-state index in [4.69, 9.17) is 0 Å². The maximum atomic E-state index is 11.3. The van der Waals surface area contributed by atoms with Crippen molar-refractivity contribution in [3.63, 3.8) is 0 Å². The van der Waals surface area contributed by atoms with E-state index in [1.807, 2.05) is 0 Å². The Morgan fingerprint density at radius 2 is 2.21 bits per heavy atom. The minimum Gasteiger partial charge on any atom is -0.611 e. The first-order chi connectivity index (χ1) is 6.43. The summed E-state index contributed by atoms with van der Waals surface area (Å²) < 4.78 is 12.0. The number of hydrogen-bond donors (Lipinski definition) is 0. The second kappa shape index (κ2) is 4.29. The Morgan fingerprint density at radius 1 is 1.64 bits per heavy atom. The number of rotatable bonds is 2. The van der Waals surface area contributed by atoms with Crippen LogP contribution < -0.4 is 4.90 Å². The van der Waals surface area contributed by atoms with Crippen LogP contribution in [0.4, 0.5) is 5.13 Å². The van der Waals surface area contributed by atoms with Crippen LogP contribution in [0.2, 0.25) is 0 Å². The van der Waals surface area contributed by atoms with Crippen molar-refractivity contribution in [1.82, 2.24) is 4.98 Å². The summed E-state index contributed by atoms with van der Waals surface area (Å²) in [7, 11) is 1.66. The van der Waals surface area contributed by atoms with Crippen molar-refractivity contribution in [2.24, 2.45) is 0 Å². The smallest absolute Gasteiger partial charge is 0.231 e. The molecule has 0 radical (unpaired) electrons. The van der Waals surface area contributed by atoms with E-state index in [0.29, 0.717) is 5.13 Å². The average Bonchev–Trinajstić information content (AvgIpc) is 2.45. The van der Waals surface area contributed by atoms with Crippen molar-refractivity contribution in [3.8, 4) is 0 Å². The molecule has 0 aromatic carbocycles. The van der Waals surface area contributed by atoms with E-state index >= 15 is 0 Å². The number of nitrogens with zero attached hydrogens (tertiary/aromatic N) is 2. The molecule has 1 unspecified atom stereocenters. The number of carbonyl (C=O) groups is 1. The lowest BCUT2D eigenvalue weighted by Gasteiger charge is -2.08. The van der Waals surface area contributed by atoms with Crippen LogP contribution in [0.3, 0.4) is 0 Å². The normalized spacial score (nSPS) is 12.6. The molecule has 1 rings (SSSR count). The van der Waals surface area contributed by atoms with Gasteiger partial charge in [-0.05, 0) is 29.4 Å². The number of aryl methyl sites for hydroxylation is 1. The first-order valence-electron chi connectivity index (χ1n) is 3.98. The lowest BCUT2D eigenvalue weighted by molar-refractivity contribution is -0.116. The molecule has 0 aliphatic heterocycles. The zero-order chi connectivity index (χ0) is 10.9. The van der Waals surface area contributed by atoms with Gasteiger partial charge in [-0.2, -0.15) is 0 Å². The van der Waals surface area contributed by atoms with Crippen LogP contribution in [0, 0.1) is 6.92 Å². The van der Waals surface area contributed by atoms with Crippen LogP contribution in [0.25, 0.3) is 0 Å². The molecule has 1 atom stereocenters. The Morgan fingerprint density at radius 3 is 2.57 bits per heavy atom. The van der Waals surface area contributed by atoms with Crippen molar-refractivity contribution in [1.29, 1.82) is 0 Å². The first-order valence-corrected chi connectivity index (χ1v) is 6.36. The molecule has 0 aliphatic rings. The zero-order valence-electron chi connectivity index (χ0n) is 8.53. The number of amides is 1. The summed E-state index contributed by atoms with van der Waals surface area (Å²) in [6.45, 7) is 3.27. The molecule has 1 amide bonds. The molecule has 1 aromatic rings. The molecule has 1 aromatic heterocycles. The van der Waals surface area contributed by atoms with Gasteiger partial charge in [0.05, 0.1) is 0 Å². The molecule has 0 fully saturated rings. The first kappa shape index (κ1) is 11.5. The number of thiazole rings is 1. The van der Waals surface area contributed by atoms with E-state index in [2.05, 4.69) is 4.98 Å². The Hall–Kier alpha value is -0.590. The van der Waals surface area contributed by atoms with Crippen LogP contribution in [0.15, 0.2) is 4.21 Å².